The van der Waals surface area contributed by atoms with E-state index >= 15 is 0 Å². The molecule has 2 fully saturated rings. The predicted octanol–water partition coefficient (Wildman–Crippen LogP) is 2.17. The molecule has 2 saturated heterocycles. The van der Waals surface area contributed by atoms with Crippen LogP contribution in [0.3, 0.4) is 0 Å². The number of rotatable bonds is 3. The van der Waals surface area contributed by atoms with Crippen LogP contribution in [0.25, 0.3) is 0 Å². The van der Waals surface area contributed by atoms with E-state index in [1.54, 1.807) is 0 Å². The third kappa shape index (κ3) is 2.13. The molecule has 0 unspecified atom stereocenters. The number of hydrogen-bond donors (Lipinski definition) is 2. The van der Waals surface area contributed by atoms with E-state index < -0.39 is 17.4 Å². The zero-order valence-electron chi connectivity index (χ0n) is 16.5. The van der Waals surface area contributed by atoms with E-state index in [1.165, 1.54) is 4.90 Å². The lowest BCUT2D eigenvalue weighted by atomic mass is 9.75. The first kappa shape index (κ1) is 18.2. The SMILES string of the molecule is CC[C@H](C)N1C(=O)[C@H]2[C@@H](C1=O)[C@]1(N[C@H]2C(C)C)C(=O)Nc2c(C)cccc21. The number of hydrogen-bond acceptors (Lipinski definition) is 4. The molecule has 0 radical (unpaired) electrons. The van der Waals surface area contributed by atoms with Crippen LogP contribution >= 0.6 is 0 Å². The van der Waals surface area contributed by atoms with Crippen LogP contribution in [0.2, 0.25) is 0 Å². The van der Waals surface area contributed by atoms with Crippen molar-refractivity contribution in [1.82, 2.24) is 10.2 Å². The van der Waals surface area contributed by atoms with Gasteiger partial charge in [-0.2, -0.15) is 0 Å². The molecule has 1 aromatic rings. The monoisotopic (exact) mass is 369 g/mol. The molecular formula is C21H27N3O3. The second-order valence-corrected chi connectivity index (χ2v) is 8.48. The fraction of sp³-hybridized carbons (Fsp3) is 0.571. The summed E-state index contributed by atoms with van der Waals surface area (Å²) in [5.74, 6) is -1.68. The van der Waals surface area contributed by atoms with Crippen LogP contribution in [-0.2, 0) is 19.9 Å². The zero-order valence-corrected chi connectivity index (χ0v) is 16.5. The molecule has 0 aliphatic carbocycles. The number of nitrogens with one attached hydrogen (secondary N) is 2. The molecule has 2 N–H and O–H groups in total. The van der Waals surface area contributed by atoms with Crippen molar-refractivity contribution in [2.75, 3.05) is 5.32 Å². The van der Waals surface area contributed by atoms with Gasteiger partial charge in [0, 0.05) is 23.3 Å². The van der Waals surface area contributed by atoms with Gasteiger partial charge in [0.25, 0.3) is 0 Å². The minimum absolute atomic E-state index is 0.118. The smallest absolute Gasteiger partial charge is 0.250 e. The van der Waals surface area contributed by atoms with Crippen LogP contribution < -0.4 is 10.6 Å². The van der Waals surface area contributed by atoms with E-state index in [9.17, 15) is 14.4 Å². The summed E-state index contributed by atoms with van der Waals surface area (Å²) in [6.45, 7) is 9.86. The highest BCUT2D eigenvalue weighted by Crippen LogP contribution is 2.54. The third-order valence-corrected chi connectivity index (χ3v) is 6.68. The lowest BCUT2D eigenvalue weighted by molar-refractivity contribution is -0.145. The Morgan fingerprint density at radius 3 is 2.48 bits per heavy atom. The summed E-state index contributed by atoms with van der Waals surface area (Å²) in [5.41, 5.74) is 1.34. The Labute approximate surface area is 159 Å². The summed E-state index contributed by atoms with van der Waals surface area (Å²) in [6.07, 6.45) is 0.700. The number of fused-ring (bicyclic) bond motifs is 4. The molecule has 27 heavy (non-hydrogen) atoms. The highest BCUT2D eigenvalue weighted by Gasteiger charge is 2.71. The highest BCUT2D eigenvalue weighted by atomic mass is 16.2. The Balaban J connectivity index is 1.92. The lowest BCUT2D eigenvalue weighted by Gasteiger charge is -2.31. The maximum Gasteiger partial charge on any atom is 0.250 e. The zero-order chi connectivity index (χ0) is 19.7. The molecule has 6 nitrogen and oxygen atoms in total. The van der Waals surface area contributed by atoms with Gasteiger partial charge in [-0.3, -0.25) is 24.6 Å². The number of para-hydroxylation sites is 1. The molecule has 6 heteroatoms. The first-order chi connectivity index (χ1) is 12.8. The molecule has 0 saturated carbocycles. The number of likely N-dealkylation sites (tertiary alicyclic amines) is 1. The third-order valence-electron chi connectivity index (χ3n) is 6.68. The van der Waals surface area contributed by atoms with E-state index in [2.05, 4.69) is 10.6 Å². The lowest BCUT2D eigenvalue weighted by Crippen LogP contribution is -2.54. The van der Waals surface area contributed by atoms with Crippen molar-refractivity contribution in [3.63, 3.8) is 0 Å². The van der Waals surface area contributed by atoms with Gasteiger partial charge in [0.15, 0.2) is 0 Å². The summed E-state index contributed by atoms with van der Waals surface area (Å²) in [6, 6.07) is 5.36. The maximum absolute atomic E-state index is 13.5. The normalized spacial score (nSPS) is 33.0. The van der Waals surface area contributed by atoms with Gasteiger partial charge in [-0.15, -0.1) is 0 Å². The van der Waals surface area contributed by atoms with Crippen molar-refractivity contribution in [1.29, 1.82) is 0 Å². The molecule has 4 rings (SSSR count). The molecule has 0 aromatic heterocycles. The molecule has 144 valence electrons. The minimum Gasteiger partial charge on any atom is -0.324 e. The molecule has 1 aromatic carbocycles. The number of nitrogens with zero attached hydrogens (tertiary/aromatic N) is 1. The van der Waals surface area contributed by atoms with Crippen LogP contribution in [0.4, 0.5) is 5.69 Å². The van der Waals surface area contributed by atoms with Gasteiger partial charge in [0.1, 0.15) is 5.54 Å². The molecule has 5 atom stereocenters. The van der Waals surface area contributed by atoms with Crippen LogP contribution in [0.1, 0.15) is 45.2 Å². The van der Waals surface area contributed by atoms with Crippen LogP contribution in [-0.4, -0.2) is 34.7 Å². The average molecular weight is 369 g/mol. The van der Waals surface area contributed by atoms with Gasteiger partial charge < -0.3 is 5.32 Å². The Morgan fingerprint density at radius 2 is 1.85 bits per heavy atom. The van der Waals surface area contributed by atoms with Gasteiger partial charge >= 0.3 is 0 Å². The van der Waals surface area contributed by atoms with Crippen molar-refractivity contribution >= 4 is 23.4 Å². The molecule has 3 aliphatic heterocycles. The van der Waals surface area contributed by atoms with Crippen molar-refractivity contribution in [2.24, 2.45) is 17.8 Å². The number of amides is 3. The van der Waals surface area contributed by atoms with Crippen molar-refractivity contribution < 1.29 is 14.4 Å². The molecule has 3 aliphatic rings. The Hall–Kier alpha value is -2.21. The van der Waals surface area contributed by atoms with Crippen molar-refractivity contribution in [3.05, 3.63) is 29.3 Å². The maximum atomic E-state index is 13.5. The number of benzene rings is 1. The summed E-state index contributed by atoms with van der Waals surface area (Å²) in [7, 11) is 0. The summed E-state index contributed by atoms with van der Waals surface area (Å²) in [4.78, 5) is 41.4. The molecule has 3 amide bonds. The van der Waals surface area contributed by atoms with Crippen LogP contribution in [0, 0.1) is 24.7 Å². The standard InChI is InChI=1S/C21H27N3O3/c1-6-12(5)24-18(25)14-15(19(24)26)21(23-16(14)10(2)3)13-9-7-8-11(4)17(13)22-20(21)27/h7-10,12,14-16,23H,6H2,1-5H3,(H,22,27)/t12-,14-,15-,16-,21-/m0/s1. The predicted molar refractivity (Wildman–Crippen MR) is 102 cm³/mol. The number of anilines is 1. The molecule has 1 spiro atoms. The number of carbonyl (C=O) groups excluding carboxylic acids is 3. The number of aryl methyl sites for hydroxylation is 1. The second kappa shape index (κ2) is 5.89. The largest absolute Gasteiger partial charge is 0.324 e. The quantitative estimate of drug-likeness (QED) is 0.801. The molecule has 3 heterocycles. The summed E-state index contributed by atoms with van der Waals surface area (Å²) >= 11 is 0. The van der Waals surface area contributed by atoms with E-state index in [4.69, 9.17) is 0 Å². The van der Waals surface area contributed by atoms with E-state index in [0.717, 1.165) is 16.8 Å². The summed E-state index contributed by atoms with van der Waals surface area (Å²) < 4.78 is 0. The van der Waals surface area contributed by atoms with Crippen LogP contribution in [0.15, 0.2) is 18.2 Å². The topological polar surface area (TPSA) is 78.5 Å². The van der Waals surface area contributed by atoms with Gasteiger partial charge in [-0.25, -0.2) is 0 Å². The number of carbonyl (C=O) groups is 3. The van der Waals surface area contributed by atoms with Gasteiger partial charge in [-0.1, -0.05) is 39.0 Å². The fourth-order valence-corrected chi connectivity index (χ4v) is 5.12. The first-order valence-corrected chi connectivity index (χ1v) is 9.81. The number of imide groups is 1. The second-order valence-electron chi connectivity index (χ2n) is 8.48. The average Bonchev–Trinajstić information content (AvgIpc) is 3.21. The Morgan fingerprint density at radius 1 is 1.15 bits per heavy atom. The first-order valence-electron chi connectivity index (χ1n) is 9.81. The van der Waals surface area contributed by atoms with Gasteiger partial charge in [-0.05, 0) is 31.7 Å². The molecule has 0 bridgehead atoms. The van der Waals surface area contributed by atoms with E-state index in [1.807, 2.05) is 52.8 Å². The van der Waals surface area contributed by atoms with Crippen molar-refractivity contribution in [2.45, 2.75) is 58.7 Å². The summed E-state index contributed by atoms with van der Waals surface area (Å²) in [5, 5.41) is 6.44. The molecular weight excluding hydrogens is 342 g/mol. The van der Waals surface area contributed by atoms with Crippen LogP contribution in [0.5, 0.6) is 0 Å². The van der Waals surface area contributed by atoms with Gasteiger partial charge in [0.05, 0.1) is 11.8 Å². The van der Waals surface area contributed by atoms with Gasteiger partial charge in [0.2, 0.25) is 17.7 Å². The van der Waals surface area contributed by atoms with E-state index in [0.29, 0.717) is 6.42 Å². The van der Waals surface area contributed by atoms with Crippen molar-refractivity contribution in [3.8, 4) is 0 Å². The minimum atomic E-state index is -1.17. The fourth-order valence-electron chi connectivity index (χ4n) is 5.12. The highest BCUT2D eigenvalue weighted by molar-refractivity contribution is 6.15. The Bertz CT molecular complexity index is 849. The van der Waals surface area contributed by atoms with E-state index in [-0.39, 0.29) is 35.7 Å². The Kier molecular flexibility index (Phi) is 3.97.